The van der Waals surface area contributed by atoms with E-state index in [0.717, 1.165) is 5.56 Å². The van der Waals surface area contributed by atoms with Crippen LogP contribution in [-0.2, 0) is 10.0 Å². The first-order valence-electron chi connectivity index (χ1n) is 6.65. The molecule has 2 aromatic carbocycles. The molecule has 0 spiro atoms. The van der Waals surface area contributed by atoms with Crippen LogP contribution in [-0.4, -0.2) is 19.5 Å². The van der Waals surface area contributed by atoms with Gasteiger partial charge in [0.15, 0.2) is 0 Å². The smallest absolute Gasteiger partial charge is 0.338 e. The summed E-state index contributed by atoms with van der Waals surface area (Å²) in [4.78, 5) is 11.5. The van der Waals surface area contributed by atoms with Crippen molar-refractivity contribution in [3.05, 3.63) is 58.7 Å². The highest BCUT2D eigenvalue weighted by atomic mass is 32.2. The van der Waals surface area contributed by atoms with E-state index in [1.54, 1.807) is 38.1 Å². The minimum Gasteiger partial charge on any atom is -0.478 e. The van der Waals surface area contributed by atoms with Gasteiger partial charge >= 0.3 is 5.97 Å². The van der Waals surface area contributed by atoms with Crippen LogP contribution in [0.1, 0.15) is 27.0 Å². The van der Waals surface area contributed by atoms with E-state index in [9.17, 15) is 18.3 Å². The van der Waals surface area contributed by atoms with Crippen molar-refractivity contribution in [1.29, 1.82) is 0 Å². The molecule has 0 bridgehead atoms. The third-order valence-electron chi connectivity index (χ3n) is 3.35. The van der Waals surface area contributed by atoms with Crippen LogP contribution in [0.5, 0.6) is 0 Å². The van der Waals surface area contributed by atoms with Crippen molar-refractivity contribution in [3.63, 3.8) is 0 Å². The summed E-state index contributed by atoms with van der Waals surface area (Å²) in [6.45, 7) is 5.20. The normalized spacial score (nSPS) is 11.2. The second-order valence-electron chi connectivity index (χ2n) is 5.18. The number of carboxylic acids is 1. The van der Waals surface area contributed by atoms with E-state index < -0.39 is 16.0 Å². The average molecular weight is 319 g/mol. The Kier molecular flexibility index (Phi) is 4.23. The van der Waals surface area contributed by atoms with Gasteiger partial charge in [0.05, 0.1) is 16.1 Å². The van der Waals surface area contributed by atoms with E-state index in [2.05, 4.69) is 4.72 Å². The zero-order valence-corrected chi connectivity index (χ0v) is 13.4. The number of carboxylic acid groups (broad SMARTS) is 1. The Bertz CT molecular complexity index is 841. The molecule has 2 aromatic rings. The summed E-state index contributed by atoms with van der Waals surface area (Å²) in [7, 11) is -3.85. The number of anilines is 1. The number of hydrogen-bond donors (Lipinski definition) is 2. The lowest BCUT2D eigenvalue weighted by molar-refractivity contribution is 0.0697. The quantitative estimate of drug-likeness (QED) is 0.907. The number of nitrogens with one attached hydrogen (secondary N) is 1. The number of hydrogen-bond acceptors (Lipinski definition) is 3. The lowest BCUT2D eigenvalue weighted by atomic mass is 10.1. The van der Waals surface area contributed by atoms with Gasteiger partial charge in [-0.05, 0) is 44.0 Å². The molecule has 0 aromatic heterocycles. The van der Waals surface area contributed by atoms with E-state index in [1.807, 2.05) is 6.92 Å². The zero-order chi connectivity index (χ0) is 16.5. The molecule has 0 heterocycles. The highest BCUT2D eigenvalue weighted by Crippen LogP contribution is 2.24. The van der Waals surface area contributed by atoms with Crippen LogP contribution < -0.4 is 4.72 Å². The number of aromatic carboxylic acids is 1. The summed E-state index contributed by atoms with van der Waals surface area (Å²) in [5, 5.41) is 9.27. The van der Waals surface area contributed by atoms with Gasteiger partial charge in [-0.2, -0.15) is 0 Å². The van der Waals surface area contributed by atoms with Crippen molar-refractivity contribution in [2.45, 2.75) is 25.7 Å². The number of benzene rings is 2. The second kappa shape index (κ2) is 5.81. The zero-order valence-electron chi connectivity index (χ0n) is 12.5. The van der Waals surface area contributed by atoms with E-state index in [4.69, 9.17) is 0 Å². The van der Waals surface area contributed by atoms with Gasteiger partial charge in [0.2, 0.25) is 0 Å². The van der Waals surface area contributed by atoms with Crippen LogP contribution >= 0.6 is 0 Å². The van der Waals surface area contributed by atoms with E-state index >= 15 is 0 Å². The molecule has 5 nitrogen and oxygen atoms in total. The summed E-state index contributed by atoms with van der Waals surface area (Å²) >= 11 is 0. The van der Waals surface area contributed by atoms with Crippen molar-refractivity contribution in [1.82, 2.24) is 0 Å². The molecule has 6 heteroatoms. The monoisotopic (exact) mass is 319 g/mol. The van der Waals surface area contributed by atoms with Crippen LogP contribution in [0.3, 0.4) is 0 Å². The summed E-state index contributed by atoms with van der Waals surface area (Å²) in [6.07, 6.45) is 0. The van der Waals surface area contributed by atoms with Crippen LogP contribution in [0.15, 0.2) is 41.3 Å². The van der Waals surface area contributed by atoms with Crippen molar-refractivity contribution < 1.29 is 18.3 Å². The summed E-state index contributed by atoms with van der Waals surface area (Å²) in [5.74, 6) is -1.17. The van der Waals surface area contributed by atoms with Crippen molar-refractivity contribution >= 4 is 21.7 Å². The number of carbonyl (C=O) groups is 1. The minimum atomic E-state index is -3.85. The van der Waals surface area contributed by atoms with Gasteiger partial charge in [0.25, 0.3) is 10.0 Å². The fourth-order valence-corrected chi connectivity index (χ4v) is 3.64. The number of rotatable bonds is 4. The topological polar surface area (TPSA) is 83.5 Å². The summed E-state index contributed by atoms with van der Waals surface area (Å²) in [5.41, 5.74) is 2.08. The third kappa shape index (κ3) is 3.12. The van der Waals surface area contributed by atoms with Crippen LogP contribution in [0.2, 0.25) is 0 Å². The molecule has 116 valence electrons. The maximum Gasteiger partial charge on any atom is 0.338 e. The molecule has 22 heavy (non-hydrogen) atoms. The first-order chi connectivity index (χ1) is 10.2. The Morgan fingerprint density at radius 1 is 1.05 bits per heavy atom. The van der Waals surface area contributed by atoms with E-state index in [-0.39, 0.29) is 16.1 Å². The van der Waals surface area contributed by atoms with Gasteiger partial charge in [-0.3, -0.25) is 4.72 Å². The molecule has 2 N–H and O–H groups in total. The molecule has 2 rings (SSSR count). The molecule has 0 radical (unpaired) electrons. The molecule has 0 unspecified atom stereocenters. The summed E-state index contributed by atoms with van der Waals surface area (Å²) in [6, 6.07) is 9.67. The van der Waals surface area contributed by atoms with Crippen LogP contribution in [0.4, 0.5) is 5.69 Å². The largest absolute Gasteiger partial charge is 0.478 e. The lowest BCUT2D eigenvalue weighted by Crippen LogP contribution is -2.17. The first-order valence-corrected chi connectivity index (χ1v) is 8.13. The number of aryl methyl sites for hydroxylation is 3. The van der Waals surface area contributed by atoms with Crippen LogP contribution in [0, 0.1) is 20.8 Å². The second-order valence-corrected chi connectivity index (χ2v) is 6.83. The predicted octanol–water partition coefficient (Wildman–Crippen LogP) is 3.11. The fourth-order valence-electron chi connectivity index (χ4n) is 2.34. The number of sulfonamides is 1. The first kappa shape index (κ1) is 16.0. The Morgan fingerprint density at radius 2 is 1.73 bits per heavy atom. The molecule has 0 saturated heterocycles. The molecule has 0 atom stereocenters. The van der Waals surface area contributed by atoms with Gasteiger partial charge in [0.1, 0.15) is 0 Å². The maximum absolute atomic E-state index is 12.5. The molecule has 0 amide bonds. The van der Waals surface area contributed by atoms with Gasteiger partial charge in [-0.25, -0.2) is 13.2 Å². The summed E-state index contributed by atoms with van der Waals surface area (Å²) < 4.78 is 27.4. The molecular formula is C16H17NO4S. The standard InChI is InChI=1S/C16H17NO4S/c1-10-7-8-14(12(3)9-10)22(20,21)17-13-6-4-5-11(2)15(13)16(18)19/h4-9,17H,1-3H3,(H,18,19). The van der Waals surface area contributed by atoms with Gasteiger partial charge in [0, 0.05) is 0 Å². The van der Waals surface area contributed by atoms with Crippen molar-refractivity contribution in [3.8, 4) is 0 Å². The Morgan fingerprint density at radius 3 is 2.32 bits per heavy atom. The molecule has 0 aliphatic heterocycles. The molecular weight excluding hydrogens is 302 g/mol. The Labute approximate surface area is 129 Å². The maximum atomic E-state index is 12.5. The molecule has 0 aliphatic carbocycles. The lowest BCUT2D eigenvalue weighted by Gasteiger charge is -2.14. The van der Waals surface area contributed by atoms with Gasteiger partial charge in [-0.1, -0.05) is 29.8 Å². The van der Waals surface area contributed by atoms with Gasteiger partial charge in [-0.15, -0.1) is 0 Å². The van der Waals surface area contributed by atoms with Crippen LogP contribution in [0.25, 0.3) is 0 Å². The van der Waals surface area contributed by atoms with Gasteiger partial charge < -0.3 is 5.11 Å². The SMILES string of the molecule is Cc1ccc(S(=O)(=O)Nc2cccc(C)c2C(=O)O)c(C)c1. The third-order valence-corrected chi connectivity index (χ3v) is 4.88. The molecule has 0 aliphatic rings. The van der Waals surface area contributed by atoms with Crippen molar-refractivity contribution in [2.24, 2.45) is 0 Å². The highest BCUT2D eigenvalue weighted by molar-refractivity contribution is 7.92. The Balaban J connectivity index is 2.50. The predicted molar refractivity (Wildman–Crippen MR) is 84.9 cm³/mol. The molecule has 0 fully saturated rings. The molecule has 0 saturated carbocycles. The van der Waals surface area contributed by atoms with E-state index in [1.165, 1.54) is 12.1 Å². The highest BCUT2D eigenvalue weighted by Gasteiger charge is 2.21. The average Bonchev–Trinajstić information content (AvgIpc) is 2.36. The minimum absolute atomic E-state index is 0.0455. The van der Waals surface area contributed by atoms with Crippen molar-refractivity contribution in [2.75, 3.05) is 4.72 Å². The Hall–Kier alpha value is -2.34. The van der Waals surface area contributed by atoms with E-state index in [0.29, 0.717) is 11.1 Å². The fraction of sp³-hybridized carbons (Fsp3) is 0.188.